The van der Waals surface area contributed by atoms with Crippen molar-refractivity contribution in [1.82, 2.24) is 15.5 Å². The van der Waals surface area contributed by atoms with Crippen LogP contribution < -0.4 is 16.4 Å². The Kier molecular flexibility index (Phi) is 10.3. The predicted molar refractivity (Wildman–Crippen MR) is 112 cm³/mol. The summed E-state index contributed by atoms with van der Waals surface area (Å²) in [5.74, 6) is -1.45. The summed E-state index contributed by atoms with van der Waals surface area (Å²) in [5, 5.41) is 16.2. The number of amides is 3. The third kappa shape index (κ3) is 7.56. The quantitative estimate of drug-likeness (QED) is 0.354. The molecule has 0 radical (unpaired) electrons. The summed E-state index contributed by atoms with van der Waals surface area (Å²) in [7, 11) is 4.69. The predicted octanol–water partition coefficient (Wildman–Crippen LogP) is 0.00360. The molecule has 9 heteroatoms. The molecule has 0 saturated carbocycles. The summed E-state index contributed by atoms with van der Waals surface area (Å²) in [6.45, 7) is 10.2. The fraction of sp³-hybridized carbons (Fsp3) is 0.850. The summed E-state index contributed by atoms with van der Waals surface area (Å²) in [5.41, 5.74) is 2.91. The van der Waals surface area contributed by atoms with Gasteiger partial charge in [-0.1, -0.05) is 20.3 Å². The number of nitrogens with zero attached hydrogens (tertiary/aromatic N) is 1. The van der Waals surface area contributed by atoms with E-state index in [1.165, 1.54) is 25.9 Å². The lowest BCUT2D eigenvalue weighted by atomic mass is 9.89. The van der Waals surface area contributed by atoms with Gasteiger partial charge in [0.2, 0.25) is 17.7 Å². The van der Waals surface area contributed by atoms with Crippen molar-refractivity contribution in [3.05, 3.63) is 0 Å². The lowest BCUT2D eigenvalue weighted by Crippen LogP contribution is -2.65. The van der Waals surface area contributed by atoms with E-state index in [1.54, 1.807) is 27.9 Å². The van der Waals surface area contributed by atoms with Crippen LogP contribution in [0.4, 0.5) is 0 Å². The molecule has 0 bridgehead atoms. The first-order valence-electron chi connectivity index (χ1n) is 9.93. The molecule has 3 amide bonds. The maximum absolute atomic E-state index is 13.4. The molecule has 0 aliphatic rings. The topological polar surface area (TPSA) is 134 Å². The van der Waals surface area contributed by atoms with Crippen molar-refractivity contribution < 1.29 is 24.2 Å². The molecule has 0 spiro atoms. The number of carbonyl (C=O) groups excluding carboxylic acids is 3. The minimum Gasteiger partial charge on any atom is -0.388 e. The lowest BCUT2D eigenvalue weighted by molar-refractivity contribution is -0.149. The SMILES string of the molecule is CC[C@H](C)[C@@H]([C@@H](CC(N)=O)OC)N(C)C(=O)[C@@H](NC(=O)C(C)(C)NC)C(C)(C)O. The van der Waals surface area contributed by atoms with Crippen molar-refractivity contribution in [3.63, 3.8) is 0 Å². The van der Waals surface area contributed by atoms with Gasteiger partial charge in [0.25, 0.3) is 0 Å². The van der Waals surface area contributed by atoms with E-state index in [2.05, 4.69) is 10.6 Å². The first-order valence-corrected chi connectivity index (χ1v) is 9.93. The van der Waals surface area contributed by atoms with Crippen molar-refractivity contribution in [2.75, 3.05) is 21.2 Å². The number of ether oxygens (including phenoxy) is 1. The Morgan fingerprint density at radius 1 is 1.21 bits per heavy atom. The summed E-state index contributed by atoms with van der Waals surface area (Å²) in [6, 6.07) is -1.66. The summed E-state index contributed by atoms with van der Waals surface area (Å²) in [4.78, 5) is 38.9. The van der Waals surface area contributed by atoms with Crippen LogP contribution in [-0.4, -0.2) is 78.3 Å². The number of hydrogen-bond donors (Lipinski definition) is 4. The zero-order chi connectivity index (χ0) is 23.2. The molecule has 29 heavy (non-hydrogen) atoms. The standard InChI is InChI=1S/C20H40N4O5/c1-10-12(2)15(13(29-9)11-14(21)25)24(8)17(26)16(20(5,6)28)23-18(27)19(3,4)22-7/h12-13,15-16,22,28H,10-11H2,1-9H3,(H2,21,25)(H,23,27)/t12-,13+,15-,16+/m0/s1. The second kappa shape index (κ2) is 10.9. The van der Waals surface area contributed by atoms with Crippen molar-refractivity contribution in [1.29, 1.82) is 0 Å². The van der Waals surface area contributed by atoms with Crippen LogP contribution in [0.1, 0.15) is 54.4 Å². The second-order valence-corrected chi connectivity index (χ2v) is 8.70. The Labute approximate surface area is 174 Å². The van der Waals surface area contributed by atoms with Crippen molar-refractivity contribution in [2.24, 2.45) is 11.7 Å². The van der Waals surface area contributed by atoms with Gasteiger partial charge in [-0.2, -0.15) is 0 Å². The van der Waals surface area contributed by atoms with Gasteiger partial charge in [-0.25, -0.2) is 0 Å². The summed E-state index contributed by atoms with van der Waals surface area (Å²) in [6.07, 6.45) is 0.0752. The van der Waals surface area contributed by atoms with Gasteiger partial charge in [-0.05, 0) is 40.7 Å². The molecule has 0 fully saturated rings. The number of carbonyl (C=O) groups is 3. The molecular formula is C20H40N4O5. The molecule has 5 N–H and O–H groups in total. The van der Waals surface area contributed by atoms with Crippen LogP contribution in [0.5, 0.6) is 0 Å². The summed E-state index contributed by atoms with van der Waals surface area (Å²) >= 11 is 0. The fourth-order valence-electron chi connectivity index (χ4n) is 3.10. The van der Waals surface area contributed by atoms with Gasteiger partial charge in [0.05, 0.1) is 29.7 Å². The molecule has 0 aliphatic carbocycles. The van der Waals surface area contributed by atoms with Crippen LogP contribution >= 0.6 is 0 Å². The van der Waals surface area contributed by atoms with Gasteiger partial charge in [0.1, 0.15) is 6.04 Å². The Bertz CT molecular complexity index is 574. The van der Waals surface area contributed by atoms with E-state index in [-0.39, 0.29) is 12.3 Å². The average molecular weight is 417 g/mol. The molecule has 9 nitrogen and oxygen atoms in total. The molecule has 4 atom stereocenters. The van der Waals surface area contributed by atoms with Gasteiger partial charge in [-0.3, -0.25) is 14.4 Å². The van der Waals surface area contributed by atoms with E-state index < -0.39 is 47.0 Å². The molecule has 170 valence electrons. The Hall–Kier alpha value is -1.71. The van der Waals surface area contributed by atoms with Crippen LogP contribution in [0, 0.1) is 5.92 Å². The van der Waals surface area contributed by atoms with Gasteiger partial charge in [0, 0.05) is 14.2 Å². The van der Waals surface area contributed by atoms with Crippen LogP contribution in [0.15, 0.2) is 0 Å². The molecular weight excluding hydrogens is 376 g/mol. The van der Waals surface area contributed by atoms with Gasteiger partial charge < -0.3 is 31.1 Å². The molecule has 0 saturated heterocycles. The van der Waals surface area contributed by atoms with E-state index >= 15 is 0 Å². The molecule has 0 rings (SSSR count). The van der Waals surface area contributed by atoms with Crippen LogP contribution in [0.2, 0.25) is 0 Å². The van der Waals surface area contributed by atoms with E-state index in [4.69, 9.17) is 10.5 Å². The van der Waals surface area contributed by atoms with Gasteiger partial charge in [-0.15, -0.1) is 0 Å². The summed E-state index contributed by atoms with van der Waals surface area (Å²) < 4.78 is 5.48. The highest BCUT2D eigenvalue weighted by Gasteiger charge is 2.43. The maximum Gasteiger partial charge on any atom is 0.248 e. The number of nitrogens with two attached hydrogens (primary N) is 1. The third-order valence-corrected chi connectivity index (χ3v) is 5.53. The van der Waals surface area contributed by atoms with E-state index in [0.717, 1.165) is 6.42 Å². The normalized spacial score (nSPS) is 16.5. The number of primary amides is 1. The number of nitrogens with one attached hydrogen (secondary N) is 2. The average Bonchev–Trinajstić information content (AvgIpc) is 2.62. The largest absolute Gasteiger partial charge is 0.388 e. The molecule has 0 unspecified atom stereocenters. The Balaban J connectivity index is 5.93. The minimum atomic E-state index is -1.52. The number of hydrogen-bond acceptors (Lipinski definition) is 6. The minimum absolute atomic E-state index is 0.0137. The number of rotatable bonds is 12. The lowest BCUT2D eigenvalue weighted by Gasteiger charge is -2.41. The molecule has 0 aliphatic heterocycles. The van der Waals surface area contributed by atoms with Crippen molar-refractivity contribution in [3.8, 4) is 0 Å². The highest BCUT2D eigenvalue weighted by Crippen LogP contribution is 2.24. The highest BCUT2D eigenvalue weighted by atomic mass is 16.5. The zero-order valence-corrected chi connectivity index (χ0v) is 19.3. The van der Waals surface area contributed by atoms with E-state index in [0.29, 0.717) is 0 Å². The Morgan fingerprint density at radius 2 is 1.72 bits per heavy atom. The van der Waals surface area contributed by atoms with Crippen LogP contribution in [0.25, 0.3) is 0 Å². The number of aliphatic hydroxyl groups is 1. The van der Waals surface area contributed by atoms with Crippen LogP contribution in [0.3, 0.4) is 0 Å². The molecule has 0 aromatic carbocycles. The second-order valence-electron chi connectivity index (χ2n) is 8.70. The first kappa shape index (κ1) is 27.3. The van der Waals surface area contributed by atoms with Crippen molar-refractivity contribution in [2.45, 2.75) is 83.7 Å². The number of methoxy groups -OCH3 is 1. The van der Waals surface area contributed by atoms with Crippen molar-refractivity contribution >= 4 is 17.7 Å². The van der Waals surface area contributed by atoms with Gasteiger partial charge in [0.15, 0.2) is 0 Å². The van der Waals surface area contributed by atoms with Crippen LogP contribution in [-0.2, 0) is 19.1 Å². The Morgan fingerprint density at radius 3 is 2.07 bits per heavy atom. The van der Waals surface area contributed by atoms with Gasteiger partial charge >= 0.3 is 0 Å². The maximum atomic E-state index is 13.4. The highest BCUT2D eigenvalue weighted by molar-refractivity contribution is 5.92. The van der Waals surface area contributed by atoms with E-state index in [1.807, 2.05) is 13.8 Å². The molecule has 0 aromatic rings. The first-order chi connectivity index (χ1) is 13.1. The third-order valence-electron chi connectivity index (χ3n) is 5.53. The number of likely N-dealkylation sites (N-methyl/N-ethyl adjacent to an activating group) is 2. The molecule has 0 aromatic heterocycles. The zero-order valence-electron chi connectivity index (χ0n) is 19.3. The van der Waals surface area contributed by atoms with E-state index in [9.17, 15) is 19.5 Å². The fourth-order valence-corrected chi connectivity index (χ4v) is 3.10. The smallest absolute Gasteiger partial charge is 0.248 e. The monoisotopic (exact) mass is 416 g/mol. The molecule has 0 heterocycles.